The summed E-state index contributed by atoms with van der Waals surface area (Å²) in [6, 6.07) is 12.9. The van der Waals surface area contributed by atoms with E-state index in [-0.39, 0.29) is 30.2 Å². The van der Waals surface area contributed by atoms with Gasteiger partial charge in [0, 0.05) is 6.54 Å². The van der Waals surface area contributed by atoms with Crippen LogP contribution in [0.2, 0.25) is 0 Å². The molecule has 8 heteroatoms. The highest BCUT2D eigenvalue weighted by atomic mass is 19.3. The quantitative estimate of drug-likeness (QED) is 0.676. The zero-order valence-corrected chi connectivity index (χ0v) is 15.2. The van der Waals surface area contributed by atoms with Crippen LogP contribution >= 0.6 is 0 Å². The summed E-state index contributed by atoms with van der Waals surface area (Å²) in [5, 5.41) is 0.492. The highest BCUT2D eigenvalue weighted by Crippen LogP contribution is 2.16. The largest absolute Gasteiger partial charge is 0.435 e. The van der Waals surface area contributed by atoms with E-state index in [9.17, 15) is 18.4 Å². The van der Waals surface area contributed by atoms with Crippen molar-refractivity contribution in [3.05, 3.63) is 70.3 Å². The van der Waals surface area contributed by atoms with Gasteiger partial charge in [-0.3, -0.25) is 9.59 Å². The summed E-state index contributed by atoms with van der Waals surface area (Å²) in [6.45, 7) is -0.458. The van der Waals surface area contributed by atoms with E-state index in [4.69, 9.17) is 0 Å². The standard InChI is InChI=1S/C20H19F2N3O3/c1-2-25(12-17-23-16-6-4-3-5-15(16)19(27)24-17)18(26)11-13-7-9-14(10-8-13)28-20(21)22/h3-10,20H,2,11-12H2,1H3,(H,23,24,27). The Kier molecular flexibility index (Phi) is 5.98. The van der Waals surface area contributed by atoms with E-state index in [2.05, 4.69) is 14.7 Å². The summed E-state index contributed by atoms with van der Waals surface area (Å²) in [7, 11) is 0. The van der Waals surface area contributed by atoms with Gasteiger partial charge in [-0.25, -0.2) is 4.98 Å². The molecule has 2 aromatic carbocycles. The second kappa shape index (κ2) is 8.60. The third kappa shape index (κ3) is 4.70. The maximum atomic E-state index is 12.6. The molecule has 3 rings (SSSR count). The molecule has 1 amide bonds. The minimum atomic E-state index is -2.89. The number of likely N-dealkylation sites (N-methyl/N-ethyl adjacent to an activating group) is 1. The van der Waals surface area contributed by atoms with Gasteiger partial charge < -0.3 is 14.6 Å². The number of amides is 1. The molecule has 0 spiro atoms. The Labute approximate surface area is 159 Å². The number of carbonyl (C=O) groups is 1. The van der Waals surface area contributed by atoms with Gasteiger partial charge in [0.25, 0.3) is 5.56 Å². The molecule has 0 saturated carbocycles. The van der Waals surface area contributed by atoms with E-state index >= 15 is 0 Å². The van der Waals surface area contributed by atoms with Gasteiger partial charge in [-0.15, -0.1) is 0 Å². The van der Waals surface area contributed by atoms with Crippen molar-refractivity contribution in [2.24, 2.45) is 0 Å². The predicted octanol–water partition coefficient (Wildman–Crippen LogP) is 3.12. The molecule has 1 heterocycles. The van der Waals surface area contributed by atoms with Crippen LogP contribution in [0.3, 0.4) is 0 Å². The average molecular weight is 387 g/mol. The van der Waals surface area contributed by atoms with E-state index in [1.165, 1.54) is 12.1 Å². The lowest BCUT2D eigenvalue weighted by Gasteiger charge is -2.20. The zero-order chi connectivity index (χ0) is 20.1. The number of fused-ring (bicyclic) bond motifs is 1. The van der Waals surface area contributed by atoms with Gasteiger partial charge in [0.2, 0.25) is 5.91 Å². The molecule has 0 atom stereocenters. The molecule has 0 aliphatic carbocycles. The normalized spacial score (nSPS) is 11.0. The molecule has 1 N–H and O–H groups in total. The first-order chi connectivity index (χ1) is 13.5. The van der Waals surface area contributed by atoms with Crippen molar-refractivity contribution in [1.82, 2.24) is 14.9 Å². The molecule has 0 fully saturated rings. The Hall–Kier alpha value is -3.29. The molecule has 28 heavy (non-hydrogen) atoms. The first-order valence-electron chi connectivity index (χ1n) is 8.75. The Morgan fingerprint density at radius 1 is 1.18 bits per heavy atom. The van der Waals surface area contributed by atoms with E-state index < -0.39 is 6.61 Å². The molecule has 0 unspecified atom stereocenters. The van der Waals surface area contributed by atoms with Crippen molar-refractivity contribution >= 4 is 16.8 Å². The van der Waals surface area contributed by atoms with E-state index in [1.807, 2.05) is 6.92 Å². The van der Waals surface area contributed by atoms with Crippen LogP contribution < -0.4 is 10.3 Å². The topological polar surface area (TPSA) is 75.3 Å². The lowest BCUT2D eigenvalue weighted by molar-refractivity contribution is -0.131. The van der Waals surface area contributed by atoms with Crippen LogP contribution in [-0.2, 0) is 17.8 Å². The Morgan fingerprint density at radius 3 is 2.57 bits per heavy atom. The summed E-state index contributed by atoms with van der Waals surface area (Å²) in [6.07, 6.45) is 0.0978. The fourth-order valence-corrected chi connectivity index (χ4v) is 2.84. The van der Waals surface area contributed by atoms with Crippen LogP contribution in [0, 0.1) is 0 Å². The lowest BCUT2D eigenvalue weighted by atomic mass is 10.1. The number of halogens is 2. The highest BCUT2D eigenvalue weighted by molar-refractivity contribution is 5.79. The lowest BCUT2D eigenvalue weighted by Crippen LogP contribution is -2.33. The number of aromatic amines is 1. The van der Waals surface area contributed by atoms with Crippen LogP contribution in [0.1, 0.15) is 18.3 Å². The molecule has 0 aliphatic rings. The average Bonchev–Trinajstić information content (AvgIpc) is 2.67. The van der Waals surface area contributed by atoms with Gasteiger partial charge in [0.05, 0.1) is 23.9 Å². The summed E-state index contributed by atoms with van der Waals surface area (Å²) in [5.41, 5.74) is 0.989. The number of H-pyrrole nitrogens is 1. The molecule has 0 aliphatic heterocycles. The van der Waals surface area contributed by atoms with Crippen molar-refractivity contribution in [3.8, 4) is 5.75 Å². The minimum Gasteiger partial charge on any atom is -0.435 e. The van der Waals surface area contributed by atoms with Crippen molar-refractivity contribution in [2.75, 3.05) is 6.54 Å². The zero-order valence-electron chi connectivity index (χ0n) is 15.2. The van der Waals surface area contributed by atoms with Gasteiger partial charge >= 0.3 is 6.61 Å². The highest BCUT2D eigenvalue weighted by Gasteiger charge is 2.15. The summed E-state index contributed by atoms with van der Waals surface area (Å²) in [5.74, 6) is 0.275. The molecule has 146 valence electrons. The number of hydrogen-bond donors (Lipinski definition) is 1. The number of carbonyl (C=O) groups excluding carboxylic acids is 1. The predicted molar refractivity (Wildman–Crippen MR) is 100 cm³/mol. The van der Waals surface area contributed by atoms with Gasteiger partial charge in [0.15, 0.2) is 0 Å². The number of para-hydroxylation sites is 1. The molecule has 3 aromatic rings. The van der Waals surface area contributed by atoms with E-state index in [0.29, 0.717) is 28.8 Å². The minimum absolute atomic E-state index is 0.0384. The third-order valence-electron chi connectivity index (χ3n) is 4.24. The van der Waals surface area contributed by atoms with Crippen molar-refractivity contribution in [3.63, 3.8) is 0 Å². The van der Waals surface area contributed by atoms with Crippen LogP contribution in [0.25, 0.3) is 10.9 Å². The molecule has 6 nitrogen and oxygen atoms in total. The van der Waals surface area contributed by atoms with Crippen molar-refractivity contribution in [1.29, 1.82) is 0 Å². The van der Waals surface area contributed by atoms with Crippen LogP contribution in [0.5, 0.6) is 5.75 Å². The second-order valence-electron chi connectivity index (χ2n) is 6.14. The van der Waals surface area contributed by atoms with Gasteiger partial charge in [-0.05, 0) is 36.8 Å². The smallest absolute Gasteiger partial charge is 0.387 e. The number of benzene rings is 2. The Balaban J connectivity index is 1.71. The molecular formula is C20H19F2N3O3. The second-order valence-corrected chi connectivity index (χ2v) is 6.14. The molecular weight excluding hydrogens is 368 g/mol. The first kappa shape index (κ1) is 19.5. The molecule has 0 saturated heterocycles. The van der Waals surface area contributed by atoms with Gasteiger partial charge in [-0.2, -0.15) is 8.78 Å². The number of rotatable bonds is 7. The van der Waals surface area contributed by atoms with Crippen LogP contribution in [0.4, 0.5) is 8.78 Å². The number of nitrogens with zero attached hydrogens (tertiary/aromatic N) is 2. The van der Waals surface area contributed by atoms with E-state index in [0.717, 1.165) is 0 Å². The summed E-state index contributed by atoms with van der Waals surface area (Å²) < 4.78 is 28.7. The maximum absolute atomic E-state index is 12.6. The number of aromatic nitrogens is 2. The SMILES string of the molecule is CCN(Cc1nc2ccccc2c(=O)[nH]1)C(=O)Cc1ccc(OC(F)F)cc1. The van der Waals surface area contributed by atoms with E-state index in [1.54, 1.807) is 41.3 Å². The van der Waals surface area contributed by atoms with Crippen LogP contribution in [-0.4, -0.2) is 33.9 Å². The van der Waals surface area contributed by atoms with Crippen LogP contribution in [0.15, 0.2) is 53.3 Å². The van der Waals surface area contributed by atoms with Crippen molar-refractivity contribution in [2.45, 2.75) is 26.5 Å². The summed E-state index contributed by atoms with van der Waals surface area (Å²) in [4.78, 5) is 33.5. The fraction of sp³-hybridized carbons (Fsp3) is 0.250. The van der Waals surface area contributed by atoms with Gasteiger partial charge in [0.1, 0.15) is 11.6 Å². The fourth-order valence-electron chi connectivity index (χ4n) is 2.84. The monoisotopic (exact) mass is 387 g/mol. The maximum Gasteiger partial charge on any atom is 0.387 e. The molecule has 0 radical (unpaired) electrons. The summed E-state index contributed by atoms with van der Waals surface area (Å²) >= 11 is 0. The number of ether oxygens (including phenoxy) is 1. The van der Waals surface area contributed by atoms with Crippen molar-refractivity contribution < 1.29 is 18.3 Å². The first-order valence-corrected chi connectivity index (χ1v) is 8.75. The number of nitrogens with one attached hydrogen (secondary N) is 1. The molecule has 0 bridgehead atoms. The number of hydrogen-bond acceptors (Lipinski definition) is 4. The third-order valence-corrected chi connectivity index (χ3v) is 4.24. The molecule has 1 aromatic heterocycles. The Morgan fingerprint density at radius 2 is 1.89 bits per heavy atom. The number of alkyl halides is 2. The Bertz CT molecular complexity index is 1020. The van der Waals surface area contributed by atoms with Gasteiger partial charge in [-0.1, -0.05) is 24.3 Å².